The molecular weight excluding hydrogens is 300 g/mol. The van der Waals surface area contributed by atoms with Crippen molar-refractivity contribution in [2.75, 3.05) is 14.1 Å². The molecule has 2 amide bonds. The summed E-state index contributed by atoms with van der Waals surface area (Å²) >= 11 is 0. The Hall–Kier alpha value is -2.62. The van der Waals surface area contributed by atoms with Crippen molar-refractivity contribution in [1.29, 1.82) is 0 Å². The molecule has 24 heavy (non-hydrogen) atoms. The van der Waals surface area contributed by atoms with Crippen LogP contribution in [-0.4, -0.2) is 47.8 Å². The van der Waals surface area contributed by atoms with Crippen LogP contribution in [0.15, 0.2) is 60.7 Å². The van der Waals surface area contributed by atoms with E-state index >= 15 is 0 Å². The van der Waals surface area contributed by atoms with Crippen LogP contribution < -0.4 is 0 Å². The van der Waals surface area contributed by atoms with Gasteiger partial charge in [-0.05, 0) is 11.1 Å². The van der Waals surface area contributed by atoms with Crippen LogP contribution in [0.1, 0.15) is 11.1 Å². The van der Waals surface area contributed by atoms with Gasteiger partial charge in [0.1, 0.15) is 12.1 Å². The van der Waals surface area contributed by atoms with Crippen LogP contribution in [0, 0.1) is 0 Å². The number of rotatable bonds is 4. The van der Waals surface area contributed by atoms with Crippen molar-refractivity contribution in [1.82, 2.24) is 9.80 Å². The third-order valence-corrected chi connectivity index (χ3v) is 4.74. The number of piperazine rings is 1. The number of carbonyl (C=O) groups excluding carboxylic acids is 2. The zero-order valence-corrected chi connectivity index (χ0v) is 14.1. The zero-order chi connectivity index (χ0) is 17.1. The smallest absolute Gasteiger partial charge is 0.246 e. The van der Waals surface area contributed by atoms with Crippen LogP contribution >= 0.6 is 0 Å². The standard InChI is InChI=1S/C20H22N2O2/c1-21-17(13-15-9-5-3-6-10-15)20(24)22(2)18(19(21)23)14-16-11-7-4-8-12-16/h3-12,17-18H,13-14H2,1-2H3/t17-,18+. The molecular formula is C20H22N2O2. The van der Waals surface area contributed by atoms with Crippen molar-refractivity contribution >= 4 is 11.8 Å². The molecule has 4 nitrogen and oxygen atoms in total. The Morgan fingerprint density at radius 3 is 1.33 bits per heavy atom. The number of hydrogen-bond donors (Lipinski definition) is 0. The fraction of sp³-hybridized carbons (Fsp3) is 0.300. The average Bonchev–Trinajstić information content (AvgIpc) is 2.62. The van der Waals surface area contributed by atoms with E-state index in [1.165, 1.54) is 0 Å². The second kappa shape index (κ2) is 6.87. The molecule has 0 aliphatic carbocycles. The molecule has 1 fully saturated rings. The Kier molecular flexibility index (Phi) is 4.65. The molecule has 1 aliphatic rings. The second-order valence-corrected chi connectivity index (χ2v) is 6.31. The lowest BCUT2D eigenvalue weighted by atomic mass is 9.95. The molecule has 124 valence electrons. The first kappa shape index (κ1) is 16.2. The van der Waals surface area contributed by atoms with Crippen molar-refractivity contribution in [2.45, 2.75) is 24.9 Å². The van der Waals surface area contributed by atoms with E-state index in [2.05, 4.69) is 0 Å². The van der Waals surface area contributed by atoms with E-state index in [1.54, 1.807) is 23.9 Å². The fourth-order valence-electron chi connectivity index (χ4n) is 3.23. The van der Waals surface area contributed by atoms with Crippen LogP contribution in [0.5, 0.6) is 0 Å². The molecule has 0 saturated carbocycles. The van der Waals surface area contributed by atoms with Gasteiger partial charge in [0.15, 0.2) is 0 Å². The van der Waals surface area contributed by atoms with E-state index in [-0.39, 0.29) is 11.8 Å². The summed E-state index contributed by atoms with van der Waals surface area (Å²) in [6, 6.07) is 18.8. The third kappa shape index (κ3) is 3.18. The molecule has 2 aromatic carbocycles. The van der Waals surface area contributed by atoms with Gasteiger partial charge in [-0.2, -0.15) is 0 Å². The van der Waals surface area contributed by atoms with Crippen LogP contribution in [-0.2, 0) is 22.4 Å². The van der Waals surface area contributed by atoms with Gasteiger partial charge < -0.3 is 9.80 Å². The Bertz CT molecular complexity index is 651. The topological polar surface area (TPSA) is 40.6 Å². The average molecular weight is 322 g/mol. The summed E-state index contributed by atoms with van der Waals surface area (Å²) in [6.07, 6.45) is 1.09. The van der Waals surface area contributed by atoms with Crippen LogP contribution in [0.4, 0.5) is 0 Å². The molecule has 0 radical (unpaired) electrons. The van der Waals surface area contributed by atoms with Crippen LogP contribution in [0.25, 0.3) is 0 Å². The lowest BCUT2D eigenvalue weighted by molar-refractivity contribution is -0.158. The molecule has 4 heteroatoms. The summed E-state index contributed by atoms with van der Waals surface area (Å²) in [4.78, 5) is 28.9. The van der Waals surface area contributed by atoms with Gasteiger partial charge in [0.25, 0.3) is 0 Å². The molecule has 1 aliphatic heterocycles. The first-order valence-electron chi connectivity index (χ1n) is 8.19. The predicted molar refractivity (Wildman–Crippen MR) is 93.4 cm³/mol. The van der Waals surface area contributed by atoms with E-state index in [0.717, 1.165) is 11.1 Å². The number of likely N-dealkylation sites (N-methyl/N-ethyl adjacent to an activating group) is 2. The molecule has 1 saturated heterocycles. The van der Waals surface area contributed by atoms with E-state index in [4.69, 9.17) is 0 Å². The maximum atomic E-state index is 12.8. The minimum absolute atomic E-state index is 0.00174. The van der Waals surface area contributed by atoms with Gasteiger partial charge in [-0.3, -0.25) is 9.59 Å². The van der Waals surface area contributed by atoms with Gasteiger partial charge in [-0.15, -0.1) is 0 Å². The fourth-order valence-corrected chi connectivity index (χ4v) is 3.23. The summed E-state index contributed by atoms with van der Waals surface area (Å²) in [6.45, 7) is 0. The third-order valence-electron chi connectivity index (χ3n) is 4.74. The van der Waals surface area contributed by atoms with Gasteiger partial charge in [0.05, 0.1) is 0 Å². The van der Waals surface area contributed by atoms with Crippen molar-refractivity contribution in [3.05, 3.63) is 71.8 Å². The van der Waals surface area contributed by atoms with Crippen molar-refractivity contribution in [3.8, 4) is 0 Å². The monoisotopic (exact) mass is 322 g/mol. The van der Waals surface area contributed by atoms with Crippen molar-refractivity contribution < 1.29 is 9.59 Å². The second-order valence-electron chi connectivity index (χ2n) is 6.31. The van der Waals surface area contributed by atoms with Gasteiger partial charge in [-0.1, -0.05) is 60.7 Å². The normalized spacial score (nSPS) is 21.2. The number of benzene rings is 2. The van der Waals surface area contributed by atoms with Gasteiger partial charge >= 0.3 is 0 Å². The van der Waals surface area contributed by atoms with E-state index in [9.17, 15) is 9.59 Å². The maximum absolute atomic E-state index is 12.8. The Morgan fingerprint density at radius 1 is 0.667 bits per heavy atom. The summed E-state index contributed by atoms with van der Waals surface area (Å²) < 4.78 is 0. The van der Waals surface area contributed by atoms with Gasteiger partial charge in [0.2, 0.25) is 11.8 Å². The van der Waals surface area contributed by atoms with Gasteiger partial charge in [-0.25, -0.2) is 0 Å². The van der Waals surface area contributed by atoms with Crippen LogP contribution in [0.3, 0.4) is 0 Å². The number of nitrogens with zero attached hydrogens (tertiary/aromatic N) is 2. The Balaban J connectivity index is 1.78. The number of amides is 2. The summed E-state index contributed by atoms with van der Waals surface area (Å²) in [5, 5.41) is 0. The molecule has 1 heterocycles. The summed E-state index contributed by atoms with van der Waals surface area (Å²) in [5.74, 6) is 0.00349. The number of hydrogen-bond acceptors (Lipinski definition) is 2. The van der Waals surface area contributed by atoms with E-state index in [0.29, 0.717) is 12.8 Å². The Morgan fingerprint density at radius 2 is 1.00 bits per heavy atom. The molecule has 0 spiro atoms. The minimum Gasteiger partial charge on any atom is -0.332 e. The summed E-state index contributed by atoms with van der Waals surface area (Å²) in [7, 11) is 3.47. The molecule has 3 rings (SSSR count). The minimum atomic E-state index is -0.433. The molecule has 0 aromatic heterocycles. The zero-order valence-electron chi connectivity index (χ0n) is 14.1. The highest BCUT2D eigenvalue weighted by Gasteiger charge is 2.42. The van der Waals surface area contributed by atoms with Crippen molar-refractivity contribution in [2.24, 2.45) is 0 Å². The SMILES string of the molecule is CN1C(=O)[C@H](Cc2ccccc2)N(C)C(=O)[C@H]1Cc1ccccc1. The quantitative estimate of drug-likeness (QED) is 0.865. The van der Waals surface area contributed by atoms with Crippen molar-refractivity contribution in [3.63, 3.8) is 0 Å². The first-order chi connectivity index (χ1) is 11.6. The summed E-state index contributed by atoms with van der Waals surface area (Å²) in [5.41, 5.74) is 2.12. The van der Waals surface area contributed by atoms with E-state index < -0.39 is 12.1 Å². The van der Waals surface area contributed by atoms with Crippen LogP contribution in [0.2, 0.25) is 0 Å². The highest BCUT2D eigenvalue weighted by Crippen LogP contribution is 2.21. The number of carbonyl (C=O) groups is 2. The maximum Gasteiger partial charge on any atom is 0.246 e. The highest BCUT2D eigenvalue weighted by molar-refractivity contribution is 5.97. The largest absolute Gasteiger partial charge is 0.332 e. The molecule has 0 unspecified atom stereocenters. The molecule has 0 bridgehead atoms. The molecule has 2 atom stereocenters. The molecule has 0 N–H and O–H groups in total. The predicted octanol–water partition coefficient (Wildman–Crippen LogP) is 2.14. The first-order valence-corrected chi connectivity index (χ1v) is 8.19. The molecule has 2 aromatic rings. The highest BCUT2D eigenvalue weighted by atomic mass is 16.2. The lowest BCUT2D eigenvalue weighted by Gasteiger charge is -2.42. The van der Waals surface area contributed by atoms with E-state index in [1.807, 2.05) is 60.7 Å². The Labute approximate surface area is 142 Å². The lowest BCUT2D eigenvalue weighted by Crippen LogP contribution is -2.63. The van der Waals surface area contributed by atoms with Gasteiger partial charge in [0, 0.05) is 26.9 Å².